The maximum absolute atomic E-state index is 9.74. The Morgan fingerprint density at radius 2 is 2.20 bits per heavy atom. The molecule has 0 aliphatic carbocycles. The van der Waals surface area contributed by atoms with Gasteiger partial charge >= 0.3 is 42.9 Å². The molecule has 0 aliphatic heterocycles. The Hall–Kier alpha value is 0.715. The zero-order valence-electron chi connectivity index (χ0n) is 6.04. The van der Waals surface area contributed by atoms with Crippen LogP contribution < -0.4 is 5.73 Å². The molecule has 3 N–H and O–H groups in total. The van der Waals surface area contributed by atoms with Gasteiger partial charge in [-0.3, -0.25) is 4.79 Å². The summed E-state index contributed by atoms with van der Waals surface area (Å²) in [6, 6.07) is -0.866. The first-order valence-electron chi connectivity index (χ1n) is 2.95. The van der Waals surface area contributed by atoms with Crippen molar-refractivity contribution in [2.75, 3.05) is 5.75 Å². The van der Waals surface area contributed by atoms with E-state index in [0.29, 0.717) is 0 Å². The second-order valence-corrected chi connectivity index (χ2v) is 5.83. The van der Waals surface area contributed by atoms with Crippen molar-refractivity contribution in [3.63, 3.8) is 0 Å². The molecule has 0 aromatic rings. The quantitative estimate of drug-likeness (QED) is 0.540. The third kappa shape index (κ3) is 11.5. The molecule has 0 aromatic carbocycles. The molecule has 0 radical (unpaired) electrons. The van der Waals surface area contributed by atoms with E-state index in [1.54, 1.807) is 0 Å². The van der Waals surface area contributed by atoms with Crippen molar-refractivity contribution in [2.24, 2.45) is 5.73 Å². The van der Waals surface area contributed by atoms with Crippen molar-refractivity contribution >= 4 is 18.6 Å². The molecule has 10 heavy (non-hydrogen) atoms. The van der Waals surface area contributed by atoms with Crippen LogP contribution in [0.25, 0.3) is 0 Å². The summed E-state index contributed by atoms with van der Waals surface area (Å²) in [7, 11) is 0. The van der Waals surface area contributed by atoms with E-state index < -0.39 is 12.0 Å². The van der Waals surface area contributed by atoms with E-state index in [1.807, 2.05) is 0 Å². The number of carbonyl (C=O) groups is 1. The van der Waals surface area contributed by atoms with Gasteiger partial charge in [-0.2, -0.15) is 5.75 Å². The molecule has 0 saturated carbocycles. The van der Waals surface area contributed by atoms with E-state index in [-0.39, 0.29) is 5.75 Å². The second-order valence-electron chi connectivity index (χ2n) is 1.61. The number of aliphatic carboxylic acids is 1. The molecule has 1 atom stereocenters. The van der Waals surface area contributed by atoms with Crippen LogP contribution in [0.1, 0.15) is 6.92 Å². The Bertz CT molecular complexity index is 91.7. The van der Waals surface area contributed by atoms with Gasteiger partial charge in [0.15, 0.2) is 0 Å². The molecule has 0 heterocycles. The zero-order chi connectivity index (χ0) is 8.57. The molecule has 56 valence electrons. The van der Waals surface area contributed by atoms with Crippen LogP contribution in [0.3, 0.4) is 0 Å². The van der Waals surface area contributed by atoms with Gasteiger partial charge in [-0.1, -0.05) is 0 Å². The molecule has 0 fully saturated rings. The van der Waals surface area contributed by atoms with Gasteiger partial charge in [0, 0.05) is 0 Å². The number of hydrogen-bond acceptors (Lipinski definition) is 3. The minimum atomic E-state index is -1.03. The maximum atomic E-state index is 9.74. The maximum Gasteiger partial charge on any atom is 0.318 e. The van der Waals surface area contributed by atoms with Gasteiger partial charge in [-0.25, -0.2) is 0 Å². The fourth-order valence-electron chi connectivity index (χ4n) is 0.0713. The third-order valence-electron chi connectivity index (χ3n) is 0.497. The Kier molecular flexibility index (Phi) is 12.9. The van der Waals surface area contributed by atoms with Crippen LogP contribution in [0, 0.1) is 0 Å². The van der Waals surface area contributed by atoms with Gasteiger partial charge in [-0.15, -0.1) is 0 Å². The Morgan fingerprint density at radius 3 is 2.20 bits per heavy atom. The summed E-state index contributed by atoms with van der Waals surface area (Å²) in [6.45, 7) is 2.21. The van der Waals surface area contributed by atoms with Crippen molar-refractivity contribution in [2.45, 2.75) is 16.9 Å². The number of hydrogen-bond donors (Lipinski definition) is 2. The molecular weight excluding hydrogens is 339 g/mol. The molecule has 5 heteroatoms. The molecule has 1 unspecified atom stereocenters. The monoisotopic (exact) mass is 351 g/mol. The van der Waals surface area contributed by atoms with Gasteiger partial charge in [0.25, 0.3) is 0 Å². The summed E-state index contributed by atoms with van der Waals surface area (Å²) in [5, 5.41) is 7.99. The van der Waals surface area contributed by atoms with Gasteiger partial charge in [0.05, 0.1) is 6.04 Å². The topological polar surface area (TPSA) is 63.3 Å². The normalized spacial score (nSPS) is 11.3. The molecule has 0 spiro atoms. The average molecular weight is 350 g/mol. The van der Waals surface area contributed by atoms with Crippen LogP contribution >= 0.6 is 0 Å². The van der Waals surface area contributed by atoms with Crippen molar-refractivity contribution in [1.82, 2.24) is 0 Å². The van der Waals surface area contributed by atoms with Gasteiger partial charge in [-0.05, 0) is 0 Å². The summed E-state index contributed by atoms with van der Waals surface area (Å²) in [5.41, 5.74) is 4.91. The minimum Gasteiger partial charge on any atom is -0.791 e. The molecular formula is C5H11HgNO2S. The average Bonchev–Trinajstić information content (AvgIpc) is 1.88. The van der Waals surface area contributed by atoms with E-state index in [2.05, 4.69) is 19.6 Å². The number of carboxylic acids is 1. The van der Waals surface area contributed by atoms with Crippen molar-refractivity contribution in [1.29, 1.82) is 0 Å². The fraction of sp³-hybridized carbons (Fsp3) is 0.800. The van der Waals surface area contributed by atoms with Gasteiger partial charge in [0.1, 0.15) is 0 Å². The number of nitrogens with two attached hydrogens (primary N) is 1. The summed E-state index contributed by atoms with van der Waals surface area (Å²) >= 11 is 5.41. The Balaban J connectivity index is 0. The fourth-order valence-corrected chi connectivity index (χ4v) is 0.214. The molecule has 3 nitrogen and oxygen atoms in total. The molecule has 0 rings (SSSR count). The van der Waals surface area contributed by atoms with Crippen LogP contribution in [-0.2, 0) is 43.5 Å². The first kappa shape index (κ1) is 13.3. The van der Waals surface area contributed by atoms with E-state index in [1.165, 1.54) is 3.93 Å². The first-order chi connectivity index (χ1) is 4.59. The SMILES string of the molecule is C[CH2][Hg+].NC(C[S-])C(=O)O. The van der Waals surface area contributed by atoms with Gasteiger partial charge < -0.3 is 23.5 Å². The van der Waals surface area contributed by atoms with Gasteiger partial charge in [0.2, 0.25) is 0 Å². The van der Waals surface area contributed by atoms with E-state index >= 15 is 0 Å². The minimum absolute atomic E-state index is 0.0787. The van der Waals surface area contributed by atoms with Crippen molar-refractivity contribution in [3.8, 4) is 0 Å². The van der Waals surface area contributed by atoms with Crippen LogP contribution in [-0.4, -0.2) is 22.9 Å². The molecule has 0 aliphatic rings. The summed E-state index contributed by atoms with van der Waals surface area (Å²) < 4.78 is 1.44. The molecule has 0 bridgehead atoms. The van der Waals surface area contributed by atoms with E-state index in [4.69, 9.17) is 10.8 Å². The smallest absolute Gasteiger partial charge is 0.318 e. The number of rotatable bonds is 2. The first-order valence-corrected chi connectivity index (χ1v) is 7.42. The predicted molar refractivity (Wildman–Crippen MR) is 38.3 cm³/mol. The van der Waals surface area contributed by atoms with Crippen molar-refractivity contribution in [3.05, 3.63) is 0 Å². The predicted octanol–water partition coefficient (Wildman–Crippen LogP) is -0.0834. The summed E-state index contributed by atoms with van der Waals surface area (Å²) in [5.74, 6) is -0.954. The van der Waals surface area contributed by atoms with Crippen molar-refractivity contribution < 1.29 is 36.0 Å². The summed E-state index contributed by atoms with van der Waals surface area (Å²) in [4.78, 5) is 9.74. The van der Waals surface area contributed by atoms with E-state index in [9.17, 15) is 4.79 Å². The molecule has 0 aromatic heterocycles. The number of carboxylic acid groups (broad SMARTS) is 1. The van der Waals surface area contributed by atoms with Crippen LogP contribution in [0.2, 0.25) is 3.93 Å². The second kappa shape index (κ2) is 9.72. The van der Waals surface area contributed by atoms with E-state index in [0.717, 1.165) is 26.1 Å². The summed E-state index contributed by atoms with van der Waals surface area (Å²) in [6.07, 6.45) is 0. The zero-order valence-corrected chi connectivity index (χ0v) is 12.4. The van der Waals surface area contributed by atoms with Crippen LogP contribution in [0.15, 0.2) is 0 Å². The largest absolute Gasteiger partial charge is 0.791 e. The standard InChI is InChI=1S/C3H7NO2S.C2H5.Hg/c4-2(1-7)3(5)6;1-2;/h2,7H,1,4H2,(H,5,6);1H2,2H3;/q;;+1/p-1. The Morgan fingerprint density at radius 1 is 1.90 bits per heavy atom. The third-order valence-corrected chi connectivity index (χ3v) is 0.856. The Labute approximate surface area is 82.7 Å². The molecule has 0 saturated heterocycles. The van der Waals surface area contributed by atoms with Crippen LogP contribution in [0.5, 0.6) is 0 Å². The molecule has 0 amide bonds. The van der Waals surface area contributed by atoms with Crippen LogP contribution in [0.4, 0.5) is 0 Å².